The zero-order valence-electron chi connectivity index (χ0n) is 17.1. The standard InChI is InChI=1S/C22H27N3O4/c1-17(26)25(20-15-19(28-2)9-10-21(20)29-3)16-22(27)24-13-11-23(12-14-24)18-7-5-4-6-8-18/h4-10,15H,11-14,16H2,1-3H3. The van der Waals surface area contributed by atoms with E-state index in [0.29, 0.717) is 30.3 Å². The van der Waals surface area contributed by atoms with Gasteiger partial charge in [-0.15, -0.1) is 0 Å². The predicted molar refractivity (Wildman–Crippen MR) is 113 cm³/mol. The summed E-state index contributed by atoms with van der Waals surface area (Å²) < 4.78 is 10.7. The van der Waals surface area contributed by atoms with Gasteiger partial charge in [-0.25, -0.2) is 0 Å². The van der Waals surface area contributed by atoms with E-state index >= 15 is 0 Å². The molecule has 1 saturated heterocycles. The van der Waals surface area contributed by atoms with E-state index < -0.39 is 0 Å². The summed E-state index contributed by atoms with van der Waals surface area (Å²) in [5, 5.41) is 0. The molecule has 0 spiro atoms. The number of carbonyl (C=O) groups is 2. The van der Waals surface area contributed by atoms with Crippen molar-refractivity contribution in [2.75, 3.05) is 56.7 Å². The molecule has 0 aromatic heterocycles. The molecule has 1 aliphatic rings. The first-order chi connectivity index (χ1) is 14.0. The lowest BCUT2D eigenvalue weighted by Gasteiger charge is -2.37. The van der Waals surface area contributed by atoms with Crippen molar-refractivity contribution in [1.82, 2.24) is 4.90 Å². The quantitative estimate of drug-likeness (QED) is 0.749. The van der Waals surface area contributed by atoms with Gasteiger partial charge in [0.2, 0.25) is 11.8 Å². The summed E-state index contributed by atoms with van der Waals surface area (Å²) in [6.07, 6.45) is 0. The molecule has 2 aromatic rings. The van der Waals surface area contributed by atoms with Crippen molar-refractivity contribution in [1.29, 1.82) is 0 Å². The zero-order chi connectivity index (χ0) is 20.8. The van der Waals surface area contributed by atoms with Gasteiger partial charge in [0, 0.05) is 44.9 Å². The first-order valence-electron chi connectivity index (χ1n) is 9.61. The molecule has 2 amide bonds. The Morgan fingerprint density at radius 2 is 1.66 bits per heavy atom. The summed E-state index contributed by atoms with van der Waals surface area (Å²) in [5.41, 5.74) is 1.68. The Bertz CT molecular complexity index is 848. The second kappa shape index (κ2) is 9.32. The van der Waals surface area contributed by atoms with Gasteiger partial charge in [-0.3, -0.25) is 14.5 Å². The number of para-hydroxylation sites is 1. The van der Waals surface area contributed by atoms with Crippen molar-refractivity contribution in [2.24, 2.45) is 0 Å². The zero-order valence-corrected chi connectivity index (χ0v) is 17.1. The van der Waals surface area contributed by atoms with Crippen molar-refractivity contribution < 1.29 is 19.1 Å². The van der Waals surface area contributed by atoms with E-state index in [1.807, 2.05) is 23.1 Å². The summed E-state index contributed by atoms with van der Waals surface area (Å²) >= 11 is 0. The fraction of sp³-hybridized carbons (Fsp3) is 0.364. The van der Waals surface area contributed by atoms with E-state index in [2.05, 4.69) is 17.0 Å². The maximum absolute atomic E-state index is 12.9. The Kier molecular flexibility index (Phi) is 6.59. The van der Waals surface area contributed by atoms with Gasteiger partial charge in [-0.05, 0) is 24.3 Å². The van der Waals surface area contributed by atoms with Crippen LogP contribution in [0.3, 0.4) is 0 Å². The highest BCUT2D eigenvalue weighted by Gasteiger charge is 2.26. The van der Waals surface area contributed by atoms with E-state index in [4.69, 9.17) is 9.47 Å². The molecule has 0 unspecified atom stereocenters. The lowest BCUT2D eigenvalue weighted by Crippen LogP contribution is -2.51. The third kappa shape index (κ3) is 4.80. The number of hydrogen-bond donors (Lipinski definition) is 0. The number of amides is 2. The normalized spacial score (nSPS) is 13.8. The number of rotatable bonds is 6. The summed E-state index contributed by atoms with van der Waals surface area (Å²) in [5.74, 6) is 0.796. The number of benzene rings is 2. The van der Waals surface area contributed by atoms with Crippen molar-refractivity contribution in [3.8, 4) is 11.5 Å². The predicted octanol–water partition coefficient (Wildman–Crippen LogP) is 2.41. The Morgan fingerprint density at radius 3 is 2.24 bits per heavy atom. The molecule has 0 aliphatic carbocycles. The van der Waals surface area contributed by atoms with Gasteiger partial charge in [0.1, 0.15) is 18.0 Å². The fourth-order valence-corrected chi connectivity index (χ4v) is 3.46. The average Bonchev–Trinajstić information content (AvgIpc) is 2.77. The molecule has 7 nitrogen and oxygen atoms in total. The highest BCUT2D eigenvalue weighted by molar-refractivity contribution is 5.99. The lowest BCUT2D eigenvalue weighted by molar-refractivity contribution is -0.131. The monoisotopic (exact) mass is 397 g/mol. The number of piperazine rings is 1. The van der Waals surface area contributed by atoms with E-state index in [0.717, 1.165) is 18.8 Å². The minimum atomic E-state index is -0.229. The summed E-state index contributed by atoms with van der Waals surface area (Å²) in [7, 11) is 3.09. The van der Waals surface area contributed by atoms with E-state index in [1.165, 1.54) is 18.9 Å². The smallest absolute Gasteiger partial charge is 0.242 e. The molecule has 29 heavy (non-hydrogen) atoms. The lowest BCUT2D eigenvalue weighted by atomic mass is 10.2. The molecule has 1 heterocycles. The highest BCUT2D eigenvalue weighted by Crippen LogP contribution is 2.32. The number of carbonyl (C=O) groups excluding carboxylic acids is 2. The number of anilines is 2. The van der Waals surface area contributed by atoms with Crippen LogP contribution in [0.15, 0.2) is 48.5 Å². The van der Waals surface area contributed by atoms with Crippen molar-refractivity contribution >= 4 is 23.2 Å². The molecular formula is C22H27N3O4. The summed E-state index contributed by atoms with van der Waals surface area (Å²) in [6, 6.07) is 15.4. The van der Waals surface area contributed by atoms with Gasteiger partial charge in [-0.2, -0.15) is 0 Å². The Balaban J connectivity index is 1.69. The molecule has 0 atom stereocenters. The van der Waals surface area contributed by atoms with Crippen LogP contribution >= 0.6 is 0 Å². The first kappa shape index (κ1) is 20.5. The third-order valence-electron chi connectivity index (χ3n) is 5.10. The largest absolute Gasteiger partial charge is 0.497 e. The fourth-order valence-electron chi connectivity index (χ4n) is 3.46. The molecule has 7 heteroatoms. The van der Waals surface area contributed by atoms with Gasteiger partial charge < -0.3 is 19.3 Å². The van der Waals surface area contributed by atoms with Crippen LogP contribution in [0.5, 0.6) is 11.5 Å². The molecule has 1 fully saturated rings. The van der Waals surface area contributed by atoms with Crippen LogP contribution < -0.4 is 19.3 Å². The minimum Gasteiger partial charge on any atom is -0.497 e. The Hall–Kier alpha value is -3.22. The average molecular weight is 397 g/mol. The van der Waals surface area contributed by atoms with Crippen LogP contribution in [-0.4, -0.2) is 63.7 Å². The van der Waals surface area contributed by atoms with Crippen LogP contribution in [0.25, 0.3) is 0 Å². The van der Waals surface area contributed by atoms with Crippen LogP contribution in [-0.2, 0) is 9.59 Å². The minimum absolute atomic E-state index is 0.0375. The Morgan fingerprint density at radius 1 is 0.966 bits per heavy atom. The van der Waals surface area contributed by atoms with Gasteiger partial charge in [-0.1, -0.05) is 18.2 Å². The number of nitrogens with zero attached hydrogens (tertiary/aromatic N) is 3. The SMILES string of the molecule is COc1ccc(OC)c(N(CC(=O)N2CCN(c3ccccc3)CC2)C(C)=O)c1. The Labute approximate surface area is 171 Å². The molecule has 1 aliphatic heterocycles. The number of hydrogen-bond acceptors (Lipinski definition) is 5. The third-order valence-corrected chi connectivity index (χ3v) is 5.10. The molecule has 3 rings (SSSR count). The van der Waals surface area contributed by atoms with E-state index in [1.54, 1.807) is 25.3 Å². The van der Waals surface area contributed by atoms with Crippen molar-refractivity contribution in [3.05, 3.63) is 48.5 Å². The van der Waals surface area contributed by atoms with E-state index in [-0.39, 0.29) is 18.4 Å². The number of ether oxygens (including phenoxy) is 2. The van der Waals surface area contributed by atoms with Crippen LogP contribution in [0.2, 0.25) is 0 Å². The summed E-state index contributed by atoms with van der Waals surface area (Å²) in [4.78, 5) is 30.7. The van der Waals surface area contributed by atoms with Crippen molar-refractivity contribution in [2.45, 2.75) is 6.92 Å². The van der Waals surface area contributed by atoms with Crippen LogP contribution in [0.1, 0.15) is 6.92 Å². The molecule has 154 valence electrons. The topological polar surface area (TPSA) is 62.3 Å². The summed E-state index contributed by atoms with van der Waals surface area (Å²) in [6.45, 7) is 4.17. The van der Waals surface area contributed by atoms with Crippen LogP contribution in [0.4, 0.5) is 11.4 Å². The molecule has 0 saturated carbocycles. The highest BCUT2D eigenvalue weighted by atomic mass is 16.5. The van der Waals surface area contributed by atoms with Crippen LogP contribution in [0, 0.1) is 0 Å². The molecule has 0 radical (unpaired) electrons. The van der Waals surface area contributed by atoms with Gasteiger partial charge in [0.05, 0.1) is 19.9 Å². The van der Waals surface area contributed by atoms with Gasteiger partial charge in [0.15, 0.2) is 0 Å². The molecule has 0 N–H and O–H groups in total. The van der Waals surface area contributed by atoms with Gasteiger partial charge in [0.25, 0.3) is 0 Å². The molecule has 0 bridgehead atoms. The van der Waals surface area contributed by atoms with E-state index in [9.17, 15) is 9.59 Å². The second-order valence-electron chi connectivity index (χ2n) is 6.85. The maximum atomic E-state index is 12.9. The molecular weight excluding hydrogens is 370 g/mol. The van der Waals surface area contributed by atoms with Gasteiger partial charge >= 0.3 is 0 Å². The van der Waals surface area contributed by atoms with Crippen molar-refractivity contribution in [3.63, 3.8) is 0 Å². The number of methoxy groups -OCH3 is 2. The first-order valence-corrected chi connectivity index (χ1v) is 9.61. The maximum Gasteiger partial charge on any atom is 0.242 e. The second-order valence-corrected chi connectivity index (χ2v) is 6.85. The molecule has 2 aromatic carbocycles.